The number of likely N-dealkylation sites (tertiary alicyclic amines) is 1. The molecule has 1 aliphatic heterocycles. The lowest BCUT2D eigenvalue weighted by Crippen LogP contribution is -2.51. The van der Waals surface area contributed by atoms with Crippen molar-refractivity contribution in [3.8, 4) is 0 Å². The van der Waals surface area contributed by atoms with Gasteiger partial charge < -0.3 is 15.5 Å². The maximum Gasteiger partial charge on any atom is 0.317 e. The van der Waals surface area contributed by atoms with E-state index in [0.717, 1.165) is 45.1 Å². The summed E-state index contributed by atoms with van der Waals surface area (Å²) < 4.78 is 0. The first-order valence-electron chi connectivity index (χ1n) is 8.58. The first-order chi connectivity index (χ1) is 10.2. The van der Waals surface area contributed by atoms with Gasteiger partial charge in [-0.25, -0.2) is 4.79 Å². The molecule has 0 spiro atoms. The minimum absolute atomic E-state index is 0.0172. The number of hydrogen-bond donors (Lipinski definition) is 2. The van der Waals surface area contributed by atoms with Crippen molar-refractivity contribution in [2.75, 3.05) is 13.1 Å². The summed E-state index contributed by atoms with van der Waals surface area (Å²) in [5, 5.41) is 6.22. The number of amides is 3. The Bertz CT molecular complexity index is 389. The lowest BCUT2D eigenvalue weighted by Gasteiger charge is -2.34. The standard InChI is InChI=1S/C16H27N3O2/c20-15(17-14-8-9-14)12-5-4-10-19(11-12)16(21)18-13-6-2-1-3-7-13/h12-14H,1-11H2,(H,17,20)(H,18,21)/t12-/m0/s1. The van der Waals surface area contributed by atoms with Crippen LogP contribution in [0.15, 0.2) is 0 Å². The second-order valence-corrected chi connectivity index (χ2v) is 6.85. The van der Waals surface area contributed by atoms with Crippen LogP contribution in [0.5, 0.6) is 0 Å². The van der Waals surface area contributed by atoms with E-state index in [-0.39, 0.29) is 17.9 Å². The van der Waals surface area contributed by atoms with Gasteiger partial charge in [-0.2, -0.15) is 0 Å². The number of rotatable bonds is 3. The van der Waals surface area contributed by atoms with Gasteiger partial charge in [-0.1, -0.05) is 19.3 Å². The second kappa shape index (κ2) is 6.67. The van der Waals surface area contributed by atoms with Gasteiger partial charge in [-0.15, -0.1) is 0 Å². The van der Waals surface area contributed by atoms with Crippen LogP contribution in [-0.4, -0.2) is 42.0 Å². The molecule has 1 heterocycles. The van der Waals surface area contributed by atoms with Gasteiger partial charge in [0.1, 0.15) is 0 Å². The van der Waals surface area contributed by atoms with E-state index in [0.29, 0.717) is 18.6 Å². The van der Waals surface area contributed by atoms with E-state index in [9.17, 15) is 9.59 Å². The average Bonchev–Trinajstić information content (AvgIpc) is 3.32. The SMILES string of the molecule is O=C(NC1CC1)[C@H]1CCCN(C(=O)NC2CCCCC2)C1. The van der Waals surface area contributed by atoms with E-state index < -0.39 is 0 Å². The van der Waals surface area contributed by atoms with Crippen LogP contribution in [0.1, 0.15) is 57.8 Å². The summed E-state index contributed by atoms with van der Waals surface area (Å²) in [4.78, 5) is 26.3. The molecule has 5 heteroatoms. The van der Waals surface area contributed by atoms with E-state index >= 15 is 0 Å². The van der Waals surface area contributed by atoms with Crippen LogP contribution in [0, 0.1) is 5.92 Å². The lowest BCUT2D eigenvalue weighted by atomic mass is 9.95. The van der Waals surface area contributed by atoms with Crippen molar-refractivity contribution in [3.63, 3.8) is 0 Å². The molecule has 0 radical (unpaired) electrons. The van der Waals surface area contributed by atoms with Gasteiger partial charge in [0.25, 0.3) is 0 Å². The quantitative estimate of drug-likeness (QED) is 0.836. The molecule has 2 saturated carbocycles. The first-order valence-corrected chi connectivity index (χ1v) is 8.58. The Morgan fingerprint density at radius 3 is 2.24 bits per heavy atom. The second-order valence-electron chi connectivity index (χ2n) is 6.85. The van der Waals surface area contributed by atoms with Crippen LogP contribution in [0.25, 0.3) is 0 Å². The molecule has 2 aliphatic carbocycles. The first kappa shape index (κ1) is 14.7. The smallest absolute Gasteiger partial charge is 0.317 e. The van der Waals surface area contributed by atoms with Crippen molar-refractivity contribution in [3.05, 3.63) is 0 Å². The highest BCUT2D eigenvalue weighted by atomic mass is 16.2. The summed E-state index contributed by atoms with van der Waals surface area (Å²) in [5.41, 5.74) is 0. The minimum atomic E-state index is -0.0172. The summed E-state index contributed by atoms with van der Waals surface area (Å²) in [5.74, 6) is 0.129. The molecule has 1 atom stereocenters. The number of piperidine rings is 1. The van der Waals surface area contributed by atoms with E-state index in [4.69, 9.17) is 0 Å². The van der Waals surface area contributed by atoms with Crippen molar-refractivity contribution >= 4 is 11.9 Å². The van der Waals surface area contributed by atoms with Crippen LogP contribution >= 0.6 is 0 Å². The zero-order chi connectivity index (χ0) is 14.7. The fourth-order valence-electron chi connectivity index (χ4n) is 3.44. The largest absolute Gasteiger partial charge is 0.353 e. The fraction of sp³-hybridized carbons (Fsp3) is 0.875. The Balaban J connectivity index is 1.47. The Morgan fingerprint density at radius 2 is 1.52 bits per heavy atom. The average molecular weight is 293 g/mol. The molecule has 0 aromatic rings. The van der Waals surface area contributed by atoms with Crippen LogP contribution < -0.4 is 10.6 Å². The number of hydrogen-bond acceptors (Lipinski definition) is 2. The summed E-state index contributed by atoms with van der Waals surface area (Å²) in [6.45, 7) is 1.36. The third kappa shape index (κ3) is 4.11. The van der Waals surface area contributed by atoms with Crippen molar-refractivity contribution in [1.82, 2.24) is 15.5 Å². The highest BCUT2D eigenvalue weighted by Crippen LogP contribution is 2.23. The number of nitrogens with one attached hydrogen (secondary N) is 2. The van der Waals surface area contributed by atoms with Crippen molar-refractivity contribution in [2.24, 2.45) is 5.92 Å². The van der Waals surface area contributed by atoms with Crippen molar-refractivity contribution in [2.45, 2.75) is 69.9 Å². The van der Waals surface area contributed by atoms with E-state index in [1.165, 1.54) is 19.3 Å². The van der Waals surface area contributed by atoms with Crippen molar-refractivity contribution < 1.29 is 9.59 Å². The topological polar surface area (TPSA) is 61.4 Å². The molecule has 0 bridgehead atoms. The fourth-order valence-corrected chi connectivity index (χ4v) is 3.44. The summed E-state index contributed by atoms with van der Waals surface area (Å²) in [6.07, 6.45) is 10.0. The third-order valence-electron chi connectivity index (χ3n) is 4.94. The van der Waals surface area contributed by atoms with Gasteiger partial charge in [-0.05, 0) is 38.5 Å². The lowest BCUT2D eigenvalue weighted by molar-refractivity contribution is -0.126. The molecule has 3 aliphatic rings. The molecule has 0 aromatic carbocycles. The van der Waals surface area contributed by atoms with E-state index in [1.807, 2.05) is 4.90 Å². The van der Waals surface area contributed by atoms with Gasteiger partial charge in [0.05, 0.1) is 5.92 Å². The molecule has 118 valence electrons. The van der Waals surface area contributed by atoms with Crippen molar-refractivity contribution in [1.29, 1.82) is 0 Å². The number of carbonyl (C=O) groups excluding carboxylic acids is 2. The van der Waals surface area contributed by atoms with Crippen LogP contribution in [0.2, 0.25) is 0 Å². The summed E-state index contributed by atoms with van der Waals surface area (Å²) >= 11 is 0. The van der Waals surface area contributed by atoms with Crippen LogP contribution in [-0.2, 0) is 4.79 Å². The highest BCUT2D eigenvalue weighted by Gasteiger charge is 2.32. The molecule has 3 fully saturated rings. The Hall–Kier alpha value is -1.26. The van der Waals surface area contributed by atoms with Gasteiger partial charge >= 0.3 is 6.03 Å². The number of nitrogens with zero attached hydrogens (tertiary/aromatic N) is 1. The number of carbonyl (C=O) groups is 2. The van der Waals surface area contributed by atoms with E-state index in [1.54, 1.807) is 0 Å². The van der Waals surface area contributed by atoms with Gasteiger partial charge in [0.2, 0.25) is 5.91 Å². The van der Waals surface area contributed by atoms with Gasteiger partial charge in [0.15, 0.2) is 0 Å². The number of urea groups is 1. The third-order valence-corrected chi connectivity index (χ3v) is 4.94. The van der Waals surface area contributed by atoms with Crippen LogP contribution in [0.4, 0.5) is 4.79 Å². The molecule has 2 N–H and O–H groups in total. The zero-order valence-corrected chi connectivity index (χ0v) is 12.8. The maximum absolute atomic E-state index is 12.4. The summed E-state index contributed by atoms with van der Waals surface area (Å²) in [7, 11) is 0. The predicted octanol–water partition coefficient (Wildman–Crippen LogP) is 2.02. The molecule has 5 nitrogen and oxygen atoms in total. The monoisotopic (exact) mass is 293 g/mol. The predicted molar refractivity (Wildman–Crippen MR) is 80.9 cm³/mol. The molecule has 21 heavy (non-hydrogen) atoms. The Kier molecular flexibility index (Phi) is 4.66. The molecule has 1 saturated heterocycles. The van der Waals surface area contributed by atoms with Gasteiger partial charge in [0, 0.05) is 25.2 Å². The van der Waals surface area contributed by atoms with Crippen LogP contribution in [0.3, 0.4) is 0 Å². The molecule has 0 aromatic heterocycles. The van der Waals surface area contributed by atoms with Gasteiger partial charge in [-0.3, -0.25) is 4.79 Å². The molecular formula is C16H27N3O2. The van der Waals surface area contributed by atoms with E-state index in [2.05, 4.69) is 10.6 Å². The molecule has 0 unspecified atom stereocenters. The zero-order valence-electron chi connectivity index (χ0n) is 12.8. The molecular weight excluding hydrogens is 266 g/mol. The Labute approximate surface area is 126 Å². The maximum atomic E-state index is 12.4. The molecule has 3 amide bonds. The Morgan fingerprint density at radius 1 is 0.810 bits per heavy atom. The normalized spacial score (nSPS) is 27.2. The molecule has 3 rings (SSSR count). The highest BCUT2D eigenvalue weighted by molar-refractivity contribution is 5.81. The minimum Gasteiger partial charge on any atom is -0.353 e. The summed E-state index contributed by atoms with van der Waals surface area (Å²) in [6, 6.07) is 0.779.